The summed E-state index contributed by atoms with van der Waals surface area (Å²) in [4.78, 5) is 17.6. The Balaban J connectivity index is 1.31. The van der Waals surface area contributed by atoms with Crippen molar-refractivity contribution in [1.29, 1.82) is 0 Å². The SMILES string of the molecule is O=C(CN1CCN(c2ccccc2F)CC1)N1N=C(c2ccccc2Cl)C[C@H]1c1ccccc1. The van der Waals surface area contributed by atoms with E-state index in [0.29, 0.717) is 43.3 Å². The van der Waals surface area contributed by atoms with E-state index in [4.69, 9.17) is 16.7 Å². The smallest absolute Gasteiger partial charge is 0.257 e. The Hall–Kier alpha value is -3.22. The molecule has 34 heavy (non-hydrogen) atoms. The summed E-state index contributed by atoms with van der Waals surface area (Å²) in [6.45, 7) is 2.98. The zero-order valence-corrected chi connectivity index (χ0v) is 19.5. The number of nitrogens with zero attached hydrogens (tertiary/aromatic N) is 4. The maximum atomic E-state index is 14.2. The molecule has 174 valence electrons. The summed E-state index contributed by atoms with van der Waals surface area (Å²) in [6.07, 6.45) is 0.612. The van der Waals surface area contributed by atoms with Crippen molar-refractivity contribution in [2.45, 2.75) is 12.5 Å². The quantitative estimate of drug-likeness (QED) is 0.521. The van der Waals surface area contributed by atoms with Gasteiger partial charge in [0.2, 0.25) is 0 Å². The van der Waals surface area contributed by atoms with Crippen molar-refractivity contribution in [3.05, 3.63) is 101 Å². The Labute approximate surface area is 204 Å². The summed E-state index contributed by atoms with van der Waals surface area (Å²) < 4.78 is 14.2. The van der Waals surface area contributed by atoms with Gasteiger partial charge in [-0.1, -0.05) is 72.3 Å². The zero-order valence-electron chi connectivity index (χ0n) is 18.8. The first-order chi connectivity index (χ1) is 16.6. The van der Waals surface area contributed by atoms with Crippen molar-refractivity contribution < 1.29 is 9.18 Å². The van der Waals surface area contributed by atoms with Crippen LogP contribution >= 0.6 is 11.6 Å². The molecule has 1 amide bonds. The van der Waals surface area contributed by atoms with Crippen LogP contribution in [-0.2, 0) is 4.79 Å². The third-order valence-corrected chi connectivity index (χ3v) is 6.79. The minimum Gasteiger partial charge on any atom is -0.367 e. The summed E-state index contributed by atoms with van der Waals surface area (Å²) in [6, 6.07) is 24.3. The fourth-order valence-electron chi connectivity index (χ4n) is 4.65. The lowest BCUT2D eigenvalue weighted by Crippen LogP contribution is -2.49. The molecule has 5 nitrogen and oxygen atoms in total. The van der Waals surface area contributed by atoms with Gasteiger partial charge in [0.15, 0.2) is 0 Å². The summed E-state index contributed by atoms with van der Waals surface area (Å²) in [5, 5.41) is 7.00. The first-order valence-corrected chi connectivity index (χ1v) is 11.9. The van der Waals surface area contributed by atoms with E-state index >= 15 is 0 Å². The van der Waals surface area contributed by atoms with Crippen LogP contribution in [0.25, 0.3) is 0 Å². The van der Waals surface area contributed by atoms with Crippen LogP contribution in [0.4, 0.5) is 10.1 Å². The number of anilines is 1. The number of hydrogen-bond acceptors (Lipinski definition) is 4. The number of benzene rings is 3. The molecule has 3 aromatic rings. The molecule has 2 heterocycles. The molecular formula is C27H26ClFN4O. The van der Waals surface area contributed by atoms with Crippen molar-refractivity contribution in [1.82, 2.24) is 9.91 Å². The molecule has 0 aromatic heterocycles. The highest BCUT2D eigenvalue weighted by Crippen LogP contribution is 2.34. The van der Waals surface area contributed by atoms with Crippen LogP contribution in [0.5, 0.6) is 0 Å². The van der Waals surface area contributed by atoms with Crippen LogP contribution in [0.1, 0.15) is 23.6 Å². The second-order valence-corrected chi connectivity index (χ2v) is 9.02. The average Bonchev–Trinajstić information content (AvgIpc) is 3.31. The van der Waals surface area contributed by atoms with Crippen molar-refractivity contribution in [3.8, 4) is 0 Å². The molecule has 0 aliphatic carbocycles. The molecule has 5 rings (SSSR count). The molecule has 1 atom stereocenters. The van der Waals surface area contributed by atoms with Gasteiger partial charge in [-0.3, -0.25) is 9.69 Å². The number of para-hydroxylation sites is 1. The van der Waals surface area contributed by atoms with E-state index in [1.54, 1.807) is 17.1 Å². The molecule has 0 radical (unpaired) electrons. The number of rotatable bonds is 5. The molecule has 7 heteroatoms. The van der Waals surface area contributed by atoms with E-state index in [0.717, 1.165) is 16.8 Å². The van der Waals surface area contributed by atoms with E-state index in [9.17, 15) is 9.18 Å². The fourth-order valence-corrected chi connectivity index (χ4v) is 4.90. The number of carbonyl (C=O) groups excluding carboxylic acids is 1. The van der Waals surface area contributed by atoms with Crippen molar-refractivity contribution in [2.75, 3.05) is 37.6 Å². The van der Waals surface area contributed by atoms with Crippen molar-refractivity contribution in [3.63, 3.8) is 0 Å². The fraction of sp³-hybridized carbons (Fsp3) is 0.259. The van der Waals surface area contributed by atoms with Gasteiger partial charge in [-0.15, -0.1) is 0 Å². The molecule has 0 unspecified atom stereocenters. The molecule has 2 aliphatic rings. The Bertz CT molecular complexity index is 1190. The Morgan fingerprint density at radius 1 is 0.912 bits per heavy atom. The van der Waals surface area contributed by atoms with E-state index in [1.165, 1.54) is 6.07 Å². The molecule has 1 fully saturated rings. The van der Waals surface area contributed by atoms with Gasteiger partial charge in [-0.25, -0.2) is 9.40 Å². The van der Waals surface area contributed by atoms with Gasteiger partial charge in [0, 0.05) is 43.2 Å². The minimum absolute atomic E-state index is 0.0461. The number of carbonyl (C=O) groups is 1. The van der Waals surface area contributed by atoms with E-state index in [1.807, 2.05) is 65.6 Å². The van der Waals surface area contributed by atoms with E-state index < -0.39 is 0 Å². The van der Waals surface area contributed by atoms with Gasteiger partial charge >= 0.3 is 0 Å². The number of hydrogen-bond donors (Lipinski definition) is 0. The Morgan fingerprint density at radius 3 is 2.32 bits per heavy atom. The number of halogens is 2. The first-order valence-electron chi connectivity index (χ1n) is 11.5. The van der Waals surface area contributed by atoms with Crippen LogP contribution in [-0.4, -0.2) is 54.3 Å². The minimum atomic E-state index is -0.212. The second-order valence-electron chi connectivity index (χ2n) is 8.61. The third-order valence-electron chi connectivity index (χ3n) is 6.46. The zero-order chi connectivity index (χ0) is 23.5. The Morgan fingerprint density at radius 2 is 1.59 bits per heavy atom. The maximum absolute atomic E-state index is 14.2. The standard InChI is InChI=1S/C27H26ClFN4O/c28-22-11-5-4-10-21(22)24-18-26(20-8-2-1-3-9-20)33(30-24)27(34)19-31-14-16-32(17-15-31)25-13-7-6-12-23(25)29/h1-13,26H,14-19H2/t26-/m0/s1. The van der Waals surface area contributed by atoms with Crippen molar-refractivity contribution >= 4 is 28.9 Å². The highest BCUT2D eigenvalue weighted by molar-refractivity contribution is 6.34. The predicted molar refractivity (Wildman–Crippen MR) is 134 cm³/mol. The normalized spacial score (nSPS) is 18.8. The van der Waals surface area contributed by atoms with Crippen LogP contribution in [0.3, 0.4) is 0 Å². The Kier molecular flexibility index (Phi) is 6.61. The lowest BCUT2D eigenvalue weighted by atomic mass is 9.98. The molecule has 0 saturated carbocycles. The highest BCUT2D eigenvalue weighted by Gasteiger charge is 2.34. The highest BCUT2D eigenvalue weighted by atomic mass is 35.5. The molecule has 0 N–H and O–H groups in total. The maximum Gasteiger partial charge on any atom is 0.257 e. The predicted octanol–water partition coefficient (Wildman–Crippen LogP) is 4.98. The molecule has 3 aromatic carbocycles. The topological polar surface area (TPSA) is 39.2 Å². The molecule has 0 spiro atoms. The molecule has 0 bridgehead atoms. The first kappa shape index (κ1) is 22.6. The molecule has 2 aliphatic heterocycles. The van der Waals surface area contributed by atoms with Crippen LogP contribution in [0.2, 0.25) is 5.02 Å². The van der Waals surface area contributed by atoms with E-state index in [-0.39, 0.29) is 24.3 Å². The monoisotopic (exact) mass is 476 g/mol. The summed E-state index contributed by atoms with van der Waals surface area (Å²) in [7, 11) is 0. The van der Waals surface area contributed by atoms with Crippen LogP contribution in [0, 0.1) is 5.82 Å². The van der Waals surface area contributed by atoms with Crippen LogP contribution < -0.4 is 4.90 Å². The lowest BCUT2D eigenvalue weighted by Gasteiger charge is -2.36. The van der Waals surface area contributed by atoms with Gasteiger partial charge in [0.25, 0.3) is 5.91 Å². The summed E-state index contributed by atoms with van der Waals surface area (Å²) >= 11 is 6.43. The number of amides is 1. The number of piperazine rings is 1. The van der Waals surface area contributed by atoms with E-state index in [2.05, 4.69) is 4.90 Å². The second kappa shape index (κ2) is 9.95. The third kappa shape index (κ3) is 4.69. The number of hydrazone groups is 1. The van der Waals surface area contributed by atoms with Gasteiger partial charge in [0.05, 0.1) is 24.0 Å². The summed E-state index contributed by atoms with van der Waals surface area (Å²) in [5.74, 6) is -0.258. The lowest BCUT2D eigenvalue weighted by molar-refractivity contribution is -0.134. The molecule has 1 saturated heterocycles. The van der Waals surface area contributed by atoms with Gasteiger partial charge < -0.3 is 4.90 Å². The largest absolute Gasteiger partial charge is 0.367 e. The van der Waals surface area contributed by atoms with Gasteiger partial charge in [-0.05, 0) is 23.8 Å². The molecular weight excluding hydrogens is 451 g/mol. The van der Waals surface area contributed by atoms with Crippen molar-refractivity contribution in [2.24, 2.45) is 5.10 Å². The van der Waals surface area contributed by atoms with Crippen LogP contribution in [0.15, 0.2) is 84.0 Å². The van der Waals surface area contributed by atoms with Gasteiger partial charge in [0.1, 0.15) is 5.82 Å². The summed E-state index contributed by atoms with van der Waals surface area (Å²) in [5.41, 5.74) is 3.34. The van der Waals surface area contributed by atoms with Gasteiger partial charge in [-0.2, -0.15) is 5.10 Å². The average molecular weight is 477 g/mol.